The Morgan fingerprint density at radius 2 is 1.95 bits per heavy atom. The fourth-order valence-electron chi connectivity index (χ4n) is 4.32. The van der Waals surface area contributed by atoms with Gasteiger partial charge in [0, 0.05) is 12.3 Å². The first kappa shape index (κ1) is 13.6. The Morgan fingerprint density at radius 1 is 1.32 bits per heavy atom. The molecule has 2 N–H and O–H groups in total. The molecule has 0 bridgehead atoms. The van der Waals surface area contributed by atoms with Crippen LogP contribution < -0.4 is 0 Å². The van der Waals surface area contributed by atoms with Crippen molar-refractivity contribution in [3.8, 4) is 0 Å². The Morgan fingerprint density at radius 3 is 2.53 bits per heavy atom. The lowest BCUT2D eigenvalue weighted by Crippen LogP contribution is -2.53. The Balaban J connectivity index is 2.01. The zero-order chi connectivity index (χ0) is 13.9. The number of fused-ring (bicyclic) bond motifs is 2. The summed E-state index contributed by atoms with van der Waals surface area (Å²) in [5.74, 6) is -0.588. The molecule has 1 saturated carbocycles. The fraction of sp³-hybridized carbons (Fsp3) is 0.867. The van der Waals surface area contributed by atoms with Crippen LogP contribution in [0.25, 0.3) is 0 Å². The van der Waals surface area contributed by atoms with E-state index in [1.54, 1.807) is 0 Å². The van der Waals surface area contributed by atoms with Crippen molar-refractivity contribution in [3.63, 3.8) is 0 Å². The maximum Gasteiger partial charge on any atom is 0.174 e. The molecule has 19 heavy (non-hydrogen) atoms. The number of rotatable bonds is 1. The third-order valence-corrected chi connectivity index (χ3v) is 4.97. The van der Waals surface area contributed by atoms with Gasteiger partial charge in [0.15, 0.2) is 5.79 Å². The molecule has 1 saturated heterocycles. The van der Waals surface area contributed by atoms with Crippen molar-refractivity contribution in [3.05, 3.63) is 11.6 Å². The number of hydrogen-bond donors (Lipinski definition) is 2. The van der Waals surface area contributed by atoms with E-state index < -0.39 is 17.0 Å². The third kappa shape index (κ3) is 1.97. The first-order valence-corrected chi connectivity index (χ1v) is 7.19. The molecule has 1 unspecified atom stereocenters. The molecule has 0 radical (unpaired) electrons. The molecule has 4 nitrogen and oxygen atoms in total. The molecule has 1 heterocycles. The second-order valence-corrected chi connectivity index (χ2v) is 6.91. The summed E-state index contributed by atoms with van der Waals surface area (Å²) in [6.45, 7) is 6.69. The van der Waals surface area contributed by atoms with E-state index in [9.17, 15) is 10.2 Å². The van der Waals surface area contributed by atoms with Crippen molar-refractivity contribution >= 4 is 0 Å². The third-order valence-electron chi connectivity index (χ3n) is 4.97. The van der Waals surface area contributed by atoms with Crippen LogP contribution >= 0.6 is 0 Å². The van der Waals surface area contributed by atoms with Crippen molar-refractivity contribution < 1.29 is 19.7 Å². The molecule has 2 fully saturated rings. The van der Waals surface area contributed by atoms with Crippen LogP contribution in [0.1, 0.15) is 40.0 Å². The molecular weight excluding hydrogens is 244 g/mol. The van der Waals surface area contributed by atoms with Gasteiger partial charge in [-0.15, -0.1) is 0 Å². The Labute approximate surface area is 114 Å². The van der Waals surface area contributed by atoms with Crippen LogP contribution in [0, 0.1) is 11.8 Å². The predicted octanol–water partition coefficient (Wildman–Crippen LogP) is 1.61. The minimum absolute atomic E-state index is 0.0890. The van der Waals surface area contributed by atoms with Crippen molar-refractivity contribution in [2.45, 2.75) is 57.0 Å². The summed E-state index contributed by atoms with van der Waals surface area (Å²) in [5, 5.41) is 21.1. The molecule has 2 aliphatic carbocycles. The van der Waals surface area contributed by atoms with Crippen LogP contribution in [0.3, 0.4) is 0 Å². The molecule has 1 aliphatic heterocycles. The van der Waals surface area contributed by atoms with E-state index in [1.807, 2.05) is 26.8 Å². The number of hydrogen-bond acceptors (Lipinski definition) is 4. The highest BCUT2D eigenvalue weighted by Crippen LogP contribution is 2.57. The van der Waals surface area contributed by atoms with Crippen LogP contribution in [0.5, 0.6) is 0 Å². The first-order valence-electron chi connectivity index (χ1n) is 7.19. The van der Waals surface area contributed by atoms with Gasteiger partial charge in [0.25, 0.3) is 0 Å². The van der Waals surface area contributed by atoms with E-state index in [0.717, 1.165) is 18.4 Å². The van der Waals surface area contributed by atoms with Gasteiger partial charge in [-0.25, -0.2) is 0 Å². The topological polar surface area (TPSA) is 58.9 Å². The average Bonchev–Trinajstić information content (AvgIpc) is 2.87. The summed E-state index contributed by atoms with van der Waals surface area (Å²) < 4.78 is 11.8. The monoisotopic (exact) mass is 268 g/mol. The van der Waals surface area contributed by atoms with Crippen LogP contribution in [0.15, 0.2) is 11.6 Å². The van der Waals surface area contributed by atoms with Crippen LogP contribution in [0.2, 0.25) is 0 Å². The normalized spacial score (nSPS) is 41.4. The van der Waals surface area contributed by atoms with Gasteiger partial charge in [0.05, 0.1) is 24.4 Å². The molecule has 3 rings (SSSR count). The van der Waals surface area contributed by atoms with E-state index in [0.29, 0.717) is 19.6 Å². The maximum atomic E-state index is 10.8. The summed E-state index contributed by atoms with van der Waals surface area (Å²) in [7, 11) is 0. The highest BCUT2D eigenvalue weighted by molar-refractivity contribution is 5.28. The quantitative estimate of drug-likeness (QED) is 0.709. The van der Waals surface area contributed by atoms with Gasteiger partial charge >= 0.3 is 0 Å². The Kier molecular flexibility index (Phi) is 2.88. The van der Waals surface area contributed by atoms with Gasteiger partial charge in [-0.2, -0.15) is 0 Å². The summed E-state index contributed by atoms with van der Waals surface area (Å²) in [6.07, 6.45) is 4.25. The summed E-state index contributed by atoms with van der Waals surface area (Å²) in [4.78, 5) is 0. The minimum atomic E-state index is -0.844. The van der Waals surface area contributed by atoms with E-state index in [-0.39, 0.29) is 11.8 Å². The highest BCUT2D eigenvalue weighted by atomic mass is 16.7. The van der Waals surface area contributed by atoms with Gasteiger partial charge < -0.3 is 19.7 Å². The molecule has 108 valence electrons. The lowest BCUT2D eigenvalue weighted by molar-refractivity contribution is -0.228. The second-order valence-electron chi connectivity index (χ2n) is 6.91. The lowest BCUT2D eigenvalue weighted by Gasteiger charge is -2.46. The van der Waals surface area contributed by atoms with E-state index in [2.05, 4.69) is 0 Å². The number of ether oxygens (including phenoxy) is 2. The maximum absolute atomic E-state index is 10.8. The molecule has 0 aromatic carbocycles. The van der Waals surface area contributed by atoms with Gasteiger partial charge in [-0.1, -0.05) is 6.08 Å². The van der Waals surface area contributed by atoms with E-state index in [4.69, 9.17) is 9.47 Å². The van der Waals surface area contributed by atoms with Crippen LogP contribution in [-0.4, -0.2) is 40.4 Å². The molecular formula is C15H24O4. The van der Waals surface area contributed by atoms with Crippen LogP contribution in [0.4, 0.5) is 0 Å². The molecule has 0 aromatic rings. The van der Waals surface area contributed by atoms with Crippen molar-refractivity contribution in [2.75, 3.05) is 13.2 Å². The molecule has 3 aliphatic rings. The summed E-state index contributed by atoms with van der Waals surface area (Å²) in [5.41, 5.74) is -0.649. The van der Waals surface area contributed by atoms with Crippen molar-refractivity contribution in [2.24, 2.45) is 11.8 Å². The Hall–Kier alpha value is -0.420. The predicted molar refractivity (Wildman–Crippen MR) is 70.5 cm³/mol. The molecule has 3 atom stereocenters. The van der Waals surface area contributed by atoms with E-state index >= 15 is 0 Å². The zero-order valence-electron chi connectivity index (χ0n) is 12.0. The lowest BCUT2D eigenvalue weighted by atomic mass is 9.66. The van der Waals surface area contributed by atoms with Crippen molar-refractivity contribution in [1.82, 2.24) is 0 Å². The average molecular weight is 268 g/mol. The minimum Gasteiger partial charge on any atom is -0.389 e. The Bertz CT molecular complexity index is 399. The SMILES string of the molecule is CC(C)(O)C1=CCC(C)(O)[C@H]2[C@@H]1CCC21OCCO1. The smallest absolute Gasteiger partial charge is 0.174 e. The van der Waals surface area contributed by atoms with Crippen LogP contribution in [-0.2, 0) is 9.47 Å². The summed E-state index contributed by atoms with van der Waals surface area (Å²) >= 11 is 0. The van der Waals surface area contributed by atoms with Gasteiger partial charge in [-0.3, -0.25) is 0 Å². The van der Waals surface area contributed by atoms with Crippen molar-refractivity contribution in [1.29, 1.82) is 0 Å². The van der Waals surface area contributed by atoms with Gasteiger partial charge in [0.2, 0.25) is 0 Å². The first-order chi connectivity index (χ1) is 8.76. The fourth-order valence-corrected chi connectivity index (χ4v) is 4.32. The summed E-state index contributed by atoms with van der Waals surface area (Å²) in [6, 6.07) is 0. The second kappa shape index (κ2) is 4.04. The molecule has 4 heteroatoms. The molecule has 0 aromatic heterocycles. The largest absolute Gasteiger partial charge is 0.389 e. The molecule has 0 amide bonds. The highest BCUT2D eigenvalue weighted by Gasteiger charge is 2.62. The number of aliphatic hydroxyl groups is 2. The van der Waals surface area contributed by atoms with E-state index in [1.165, 1.54) is 0 Å². The molecule has 1 spiro atoms. The standard InChI is InChI=1S/C15H24O4/c1-13(2,16)11-5-6-14(3,17)12-10(11)4-7-15(12)18-8-9-19-15/h5,10,12,16-17H,4,6-9H2,1-3H3/t10-,12-,14?/m1/s1. The zero-order valence-corrected chi connectivity index (χ0v) is 12.0. The van der Waals surface area contributed by atoms with Gasteiger partial charge in [-0.05, 0) is 45.1 Å². The van der Waals surface area contributed by atoms with Gasteiger partial charge in [0.1, 0.15) is 0 Å².